The Balaban J connectivity index is 2.91. The van der Waals surface area contributed by atoms with Gasteiger partial charge < -0.3 is 10.2 Å². The standard InChI is InChI=1S/C10H7ClO4/c11-7-3-1-6(2-4-7)8(12)5-9(13)10(14)15/h1-5,13H,(H,14,15)/b9-5+. The van der Waals surface area contributed by atoms with Gasteiger partial charge in [0.2, 0.25) is 5.76 Å². The van der Waals surface area contributed by atoms with Crippen molar-refractivity contribution < 1.29 is 19.8 Å². The van der Waals surface area contributed by atoms with Gasteiger partial charge in [-0.25, -0.2) is 4.79 Å². The molecule has 2 N–H and O–H groups in total. The number of ketones is 1. The lowest BCUT2D eigenvalue weighted by atomic mass is 10.1. The highest BCUT2D eigenvalue weighted by Gasteiger charge is 2.08. The fraction of sp³-hybridized carbons (Fsp3) is 0. The van der Waals surface area contributed by atoms with Gasteiger partial charge in [0, 0.05) is 16.7 Å². The van der Waals surface area contributed by atoms with Crippen LogP contribution in [0.5, 0.6) is 0 Å². The van der Waals surface area contributed by atoms with Gasteiger partial charge in [0.15, 0.2) is 5.78 Å². The number of carbonyl (C=O) groups excluding carboxylic acids is 1. The Morgan fingerprint density at radius 2 is 1.67 bits per heavy atom. The molecule has 15 heavy (non-hydrogen) atoms. The summed E-state index contributed by atoms with van der Waals surface area (Å²) in [6, 6.07) is 5.88. The van der Waals surface area contributed by atoms with E-state index in [2.05, 4.69) is 0 Å². The minimum atomic E-state index is -1.54. The van der Waals surface area contributed by atoms with E-state index in [-0.39, 0.29) is 5.56 Å². The zero-order valence-electron chi connectivity index (χ0n) is 7.48. The zero-order chi connectivity index (χ0) is 11.4. The molecule has 1 aromatic carbocycles. The Kier molecular flexibility index (Phi) is 3.46. The van der Waals surface area contributed by atoms with E-state index in [4.69, 9.17) is 21.8 Å². The molecule has 0 saturated heterocycles. The number of carbonyl (C=O) groups is 2. The number of hydrogen-bond donors (Lipinski definition) is 2. The van der Waals surface area contributed by atoms with Crippen LogP contribution in [-0.4, -0.2) is 22.0 Å². The number of aliphatic hydroxyl groups is 1. The van der Waals surface area contributed by atoms with Gasteiger partial charge >= 0.3 is 5.97 Å². The first kappa shape index (κ1) is 11.3. The summed E-state index contributed by atoms with van der Waals surface area (Å²) < 4.78 is 0. The third-order valence-corrected chi connectivity index (χ3v) is 1.87. The van der Waals surface area contributed by atoms with E-state index in [1.807, 2.05) is 0 Å². The molecule has 0 aliphatic carbocycles. The summed E-state index contributed by atoms with van der Waals surface area (Å²) in [5.74, 6) is -3.13. The molecule has 1 aromatic rings. The first-order valence-electron chi connectivity index (χ1n) is 3.94. The van der Waals surface area contributed by atoms with Crippen LogP contribution < -0.4 is 0 Å². The van der Waals surface area contributed by atoms with Gasteiger partial charge in [-0.15, -0.1) is 0 Å². The van der Waals surface area contributed by atoms with Crippen molar-refractivity contribution in [1.82, 2.24) is 0 Å². The Morgan fingerprint density at radius 1 is 1.13 bits per heavy atom. The second-order valence-corrected chi connectivity index (χ2v) is 3.14. The Labute approximate surface area is 90.4 Å². The molecule has 0 amide bonds. The van der Waals surface area contributed by atoms with Crippen molar-refractivity contribution in [1.29, 1.82) is 0 Å². The predicted octanol–water partition coefficient (Wildman–Crippen LogP) is 2.05. The van der Waals surface area contributed by atoms with Gasteiger partial charge in [0.05, 0.1) is 0 Å². The molecule has 5 heteroatoms. The molecule has 1 rings (SSSR count). The topological polar surface area (TPSA) is 74.6 Å². The third-order valence-electron chi connectivity index (χ3n) is 1.62. The number of carboxylic acids is 1. The monoisotopic (exact) mass is 226 g/mol. The van der Waals surface area contributed by atoms with Crippen molar-refractivity contribution in [2.45, 2.75) is 0 Å². The predicted molar refractivity (Wildman–Crippen MR) is 54.1 cm³/mol. The van der Waals surface area contributed by atoms with Crippen LogP contribution in [0.3, 0.4) is 0 Å². The lowest BCUT2D eigenvalue weighted by Gasteiger charge is -1.96. The number of carboxylic acid groups (broad SMARTS) is 1. The van der Waals surface area contributed by atoms with Gasteiger partial charge in [-0.1, -0.05) is 11.6 Å². The summed E-state index contributed by atoms with van der Waals surface area (Å²) in [5.41, 5.74) is 0.257. The molecule has 0 bridgehead atoms. The summed E-state index contributed by atoms with van der Waals surface area (Å²) in [7, 11) is 0. The maximum absolute atomic E-state index is 11.3. The Morgan fingerprint density at radius 3 is 2.13 bits per heavy atom. The van der Waals surface area contributed by atoms with Gasteiger partial charge in [0.1, 0.15) is 0 Å². The molecule has 0 heterocycles. The molecule has 0 atom stereocenters. The van der Waals surface area contributed by atoms with Crippen LogP contribution in [0, 0.1) is 0 Å². The van der Waals surface area contributed by atoms with Crippen molar-refractivity contribution in [3.63, 3.8) is 0 Å². The lowest BCUT2D eigenvalue weighted by molar-refractivity contribution is -0.135. The first-order valence-corrected chi connectivity index (χ1v) is 4.32. The van der Waals surface area contributed by atoms with Crippen molar-refractivity contribution >= 4 is 23.4 Å². The Hall–Kier alpha value is -1.81. The molecule has 0 radical (unpaired) electrons. The van der Waals surface area contributed by atoms with E-state index in [0.29, 0.717) is 11.1 Å². The number of aliphatic hydroxyl groups excluding tert-OH is 1. The highest BCUT2D eigenvalue weighted by Crippen LogP contribution is 2.10. The van der Waals surface area contributed by atoms with E-state index < -0.39 is 17.5 Å². The highest BCUT2D eigenvalue weighted by atomic mass is 35.5. The molecule has 0 spiro atoms. The molecule has 78 valence electrons. The molecule has 4 nitrogen and oxygen atoms in total. The normalized spacial score (nSPS) is 11.1. The van der Waals surface area contributed by atoms with Gasteiger partial charge in [-0.2, -0.15) is 0 Å². The molecular formula is C10H7ClO4. The number of hydrogen-bond acceptors (Lipinski definition) is 3. The molecule has 0 saturated carbocycles. The van der Waals surface area contributed by atoms with Gasteiger partial charge in [-0.05, 0) is 24.3 Å². The molecule has 0 fully saturated rings. The highest BCUT2D eigenvalue weighted by molar-refractivity contribution is 6.30. The number of benzene rings is 1. The van der Waals surface area contributed by atoms with E-state index in [1.165, 1.54) is 24.3 Å². The van der Waals surface area contributed by atoms with E-state index in [9.17, 15) is 9.59 Å². The largest absolute Gasteiger partial charge is 0.502 e. The zero-order valence-corrected chi connectivity index (χ0v) is 8.23. The summed E-state index contributed by atoms with van der Waals surface area (Å²) in [5, 5.41) is 17.6. The summed E-state index contributed by atoms with van der Waals surface area (Å²) in [6.07, 6.45) is 0.644. The fourth-order valence-electron chi connectivity index (χ4n) is 0.883. The second-order valence-electron chi connectivity index (χ2n) is 2.71. The van der Waals surface area contributed by atoms with Crippen LogP contribution in [0.2, 0.25) is 5.02 Å². The van der Waals surface area contributed by atoms with E-state index >= 15 is 0 Å². The number of halogens is 1. The summed E-state index contributed by atoms with van der Waals surface area (Å²) >= 11 is 5.60. The smallest absolute Gasteiger partial charge is 0.371 e. The second kappa shape index (κ2) is 4.61. The van der Waals surface area contributed by atoms with Crippen LogP contribution in [0.25, 0.3) is 0 Å². The number of aliphatic carboxylic acids is 1. The first-order chi connectivity index (χ1) is 7.00. The maximum atomic E-state index is 11.3. The molecule has 0 aromatic heterocycles. The van der Waals surface area contributed by atoms with E-state index in [0.717, 1.165) is 0 Å². The molecule has 0 unspecified atom stereocenters. The summed E-state index contributed by atoms with van der Waals surface area (Å²) in [4.78, 5) is 21.6. The van der Waals surface area contributed by atoms with Crippen LogP contribution >= 0.6 is 11.6 Å². The molecule has 0 aliphatic rings. The van der Waals surface area contributed by atoms with Crippen LogP contribution in [0.15, 0.2) is 36.1 Å². The van der Waals surface area contributed by atoms with Crippen molar-refractivity contribution in [3.05, 3.63) is 46.7 Å². The lowest BCUT2D eigenvalue weighted by Crippen LogP contribution is -2.03. The van der Waals surface area contributed by atoms with Crippen LogP contribution in [-0.2, 0) is 4.79 Å². The van der Waals surface area contributed by atoms with E-state index in [1.54, 1.807) is 0 Å². The van der Waals surface area contributed by atoms with Crippen molar-refractivity contribution in [3.8, 4) is 0 Å². The van der Waals surface area contributed by atoms with Crippen molar-refractivity contribution in [2.75, 3.05) is 0 Å². The average molecular weight is 227 g/mol. The third kappa shape index (κ3) is 3.11. The number of allylic oxidation sites excluding steroid dienone is 1. The minimum Gasteiger partial charge on any atom is -0.502 e. The SMILES string of the molecule is O=C(O)/C(O)=C\C(=O)c1ccc(Cl)cc1. The minimum absolute atomic E-state index is 0.257. The maximum Gasteiger partial charge on any atom is 0.371 e. The Bertz CT molecular complexity index is 420. The van der Waals surface area contributed by atoms with Crippen molar-refractivity contribution in [2.24, 2.45) is 0 Å². The molecular weight excluding hydrogens is 220 g/mol. The van der Waals surface area contributed by atoms with Crippen LogP contribution in [0.4, 0.5) is 0 Å². The quantitative estimate of drug-likeness (QED) is 0.470. The van der Waals surface area contributed by atoms with Gasteiger partial charge in [0.25, 0.3) is 0 Å². The molecule has 0 aliphatic heterocycles. The van der Waals surface area contributed by atoms with Crippen LogP contribution in [0.1, 0.15) is 10.4 Å². The average Bonchev–Trinajstić information content (AvgIpc) is 2.18. The fourth-order valence-corrected chi connectivity index (χ4v) is 1.01. The summed E-state index contributed by atoms with van der Waals surface area (Å²) in [6.45, 7) is 0. The van der Waals surface area contributed by atoms with Gasteiger partial charge in [-0.3, -0.25) is 4.79 Å². The number of rotatable bonds is 3.